The van der Waals surface area contributed by atoms with Gasteiger partial charge in [0.1, 0.15) is 0 Å². The summed E-state index contributed by atoms with van der Waals surface area (Å²) in [5.74, 6) is 2.12. The Bertz CT molecular complexity index is 620. The highest BCUT2D eigenvalue weighted by Crippen LogP contribution is 2.29. The minimum atomic E-state index is 0. The first-order chi connectivity index (χ1) is 10.1. The predicted molar refractivity (Wildman–Crippen MR) is 107 cm³/mol. The second-order valence-electron chi connectivity index (χ2n) is 5.76. The highest BCUT2D eigenvalue weighted by atomic mass is 127. The molecule has 1 saturated heterocycles. The molecule has 0 aliphatic carbocycles. The van der Waals surface area contributed by atoms with Crippen LogP contribution >= 0.6 is 47.1 Å². The zero-order valence-electron chi connectivity index (χ0n) is 13.1. The molecule has 1 aliphatic heterocycles. The van der Waals surface area contributed by atoms with Crippen molar-refractivity contribution in [1.82, 2.24) is 19.6 Å². The zero-order valence-corrected chi connectivity index (χ0v) is 17.0. The lowest BCUT2D eigenvalue weighted by atomic mass is 10.2. The van der Waals surface area contributed by atoms with E-state index in [1.807, 2.05) is 30.4 Å². The molecule has 8 heteroatoms. The van der Waals surface area contributed by atoms with Gasteiger partial charge in [0.25, 0.3) is 0 Å². The van der Waals surface area contributed by atoms with Crippen LogP contribution in [0.1, 0.15) is 19.5 Å². The molecule has 0 saturated carbocycles. The van der Waals surface area contributed by atoms with Crippen LogP contribution < -0.4 is 5.32 Å². The summed E-state index contributed by atoms with van der Waals surface area (Å²) in [4.78, 5) is 12.4. The SMILES string of the molecule is CN=C(NCc1cn2ccsc2n1)N1CCSC(C)(C)C1.I. The number of halogens is 1. The minimum absolute atomic E-state index is 0. The van der Waals surface area contributed by atoms with Crippen molar-refractivity contribution < 1.29 is 0 Å². The van der Waals surface area contributed by atoms with Crippen LogP contribution in [0.15, 0.2) is 22.8 Å². The van der Waals surface area contributed by atoms with Crippen molar-refractivity contribution in [2.75, 3.05) is 25.9 Å². The molecule has 3 heterocycles. The molecule has 122 valence electrons. The van der Waals surface area contributed by atoms with Crippen LogP contribution in [0.25, 0.3) is 4.96 Å². The molecular weight excluding hydrogens is 429 g/mol. The van der Waals surface area contributed by atoms with E-state index in [1.54, 1.807) is 11.3 Å². The van der Waals surface area contributed by atoms with Crippen molar-refractivity contribution in [3.05, 3.63) is 23.5 Å². The molecule has 0 unspecified atom stereocenters. The van der Waals surface area contributed by atoms with Gasteiger partial charge in [-0.1, -0.05) is 0 Å². The Morgan fingerprint density at radius 1 is 1.50 bits per heavy atom. The summed E-state index contributed by atoms with van der Waals surface area (Å²) in [6.45, 7) is 7.37. The normalized spacial score (nSPS) is 18.3. The average Bonchev–Trinajstić information content (AvgIpc) is 2.99. The van der Waals surface area contributed by atoms with Gasteiger partial charge in [-0.15, -0.1) is 35.3 Å². The number of rotatable bonds is 2. The number of nitrogens with zero attached hydrogens (tertiary/aromatic N) is 4. The van der Waals surface area contributed by atoms with Gasteiger partial charge < -0.3 is 10.2 Å². The lowest BCUT2D eigenvalue weighted by molar-refractivity contribution is 0.375. The van der Waals surface area contributed by atoms with Gasteiger partial charge in [0.15, 0.2) is 10.9 Å². The van der Waals surface area contributed by atoms with Crippen molar-refractivity contribution in [2.45, 2.75) is 25.1 Å². The highest BCUT2D eigenvalue weighted by Gasteiger charge is 2.28. The van der Waals surface area contributed by atoms with Crippen LogP contribution in [-0.4, -0.2) is 50.9 Å². The number of thiazole rings is 1. The van der Waals surface area contributed by atoms with Crippen LogP contribution in [-0.2, 0) is 6.54 Å². The van der Waals surface area contributed by atoms with E-state index in [-0.39, 0.29) is 28.7 Å². The maximum Gasteiger partial charge on any atom is 0.194 e. The lowest BCUT2D eigenvalue weighted by Crippen LogP contribution is -2.50. The number of imidazole rings is 1. The Morgan fingerprint density at radius 3 is 3.00 bits per heavy atom. The molecule has 0 amide bonds. The molecule has 0 aromatic carbocycles. The van der Waals surface area contributed by atoms with Crippen molar-refractivity contribution in [3.63, 3.8) is 0 Å². The summed E-state index contributed by atoms with van der Waals surface area (Å²) in [6.07, 6.45) is 4.11. The first kappa shape index (κ1) is 17.9. The van der Waals surface area contributed by atoms with Crippen LogP contribution in [0.3, 0.4) is 0 Å². The lowest BCUT2D eigenvalue weighted by Gasteiger charge is -2.39. The number of hydrogen-bond acceptors (Lipinski definition) is 4. The third kappa shape index (κ3) is 4.08. The van der Waals surface area contributed by atoms with Crippen LogP contribution in [0.5, 0.6) is 0 Å². The average molecular weight is 451 g/mol. The molecule has 1 fully saturated rings. The monoisotopic (exact) mass is 451 g/mol. The second kappa shape index (κ2) is 7.39. The van der Waals surface area contributed by atoms with E-state index in [2.05, 4.69) is 44.6 Å². The predicted octanol–water partition coefficient (Wildman–Crippen LogP) is 2.92. The maximum absolute atomic E-state index is 4.59. The number of thioether (sulfide) groups is 1. The first-order valence-corrected chi connectivity index (χ1v) is 8.94. The molecule has 1 aliphatic rings. The number of aliphatic imine (C=N–C) groups is 1. The van der Waals surface area contributed by atoms with Gasteiger partial charge in [-0.3, -0.25) is 9.39 Å². The standard InChI is InChI=1S/C14H21N5S2.HI/c1-14(2)10-19(5-7-21-14)12(15-3)16-8-11-9-18-4-6-20-13(18)17-11;/h4,6,9H,5,7-8,10H2,1-3H3,(H,15,16);1H. The van der Waals surface area contributed by atoms with Crippen LogP contribution in [0.2, 0.25) is 0 Å². The number of nitrogens with one attached hydrogen (secondary N) is 1. The molecule has 0 bridgehead atoms. The number of fused-ring (bicyclic) bond motifs is 1. The van der Waals surface area contributed by atoms with Gasteiger partial charge in [-0.05, 0) is 13.8 Å². The van der Waals surface area contributed by atoms with Crippen LogP contribution in [0.4, 0.5) is 0 Å². The molecule has 0 spiro atoms. The van der Waals surface area contributed by atoms with Gasteiger partial charge in [0.05, 0.1) is 12.2 Å². The molecule has 3 rings (SSSR count). The summed E-state index contributed by atoms with van der Waals surface area (Å²) < 4.78 is 2.35. The zero-order chi connectivity index (χ0) is 14.9. The molecule has 2 aromatic heterocycles. The fraction of sp³-hybridized carbons (Fsp3) is 0.571. The molecule has 22 heavy (non-hydrogen) atoms. The topological polar surface area (TPSA) is 44.9 Å². The fourth-order valence-corrected chi connectivity index (χ4v) is 4.39. The van der Waals surface area contributed by atoms with Crippen molar-refractivity contribution in [2.24, 2.45) is 4.99 Å². The third-order valence-corrected chi connectivity index (χ3v) is 5.58. The number of aromatic nitrogens is 2. The van der Waals surface area contributed by atoms with E-state index in [4.69, 9.17) is 0 Å². The number of hydrogen-bond donors (Lipinski definition) is 1. The molecule has 1 N–H and O–H groups in total. The molecule has 0 radical (unpaired) electrons. The van der Waals surface area contributed by atoms with E-state index in [9.17, 15) is 0 Å². The van der Waals surface area contributed by atoms with Gasteiger partial charge in [-0.2, -0.15) is 11.8 Å². The van der Waals surface area contributed by atoms with Crippen molar-refractivity contribution in [3.8, 4) is 0 Å². The van der Waals surface area contributed by atoms with Gasteiger partial charge in [0.2, 0.25) is 0 Å². The minimum Gasteiger partial charge on any atom is -0.351 e. The Balaban J connectivity index is 0.00000176. The van der Waals surface area contributed by atoms with E-state index in [0.717, 1.165) is 35.5 Å². The second-order valence-corrected chi connectivity index (χ2v) is 8.43. The Morgan fingerprint density at radius 2 is 2.32 bits per heavy atom. The maximum atomic E-state index is 4.59. The smallest absolute Gasteiger partial charge is 0.194 e. The van der Waals surface area contributed by atoms with Crippen molar-refractivity contribution >= 4 is 58.0 Å². The Labute approximate surface area is 156 Å². The molecule has 2 aromatic rings. The summed E-state index contributed by atoms with van der Waals surface area (Å²) >= 11 is 3.69. The first-order valence-electron chi connectivity index (χ1n) is 7.08. The van der Waals surface area contributed by atoms with E-state index >= 15 is 0 Å². The van der Waals surface area contributed by atoms with Gasteiger partial charge in [-0.25, -0.2) is 4.98 Å². The summed E-state index contributed by atoms with van der Waals surface area (Å²) in [5, 5.41) is 5.49. The number of guanidine groups is 1. The van der Waals surface area contributed by atoms with Crippen LogP contribution in [0, 0.1) is 0 Å². The van der Waals surface area contributed by atoms with E-state index in [1.165, 1.54) is 0 Å². The molecule has 0 atom stereocenters. The molecular formula is C14H22IN5S2. The highest BCUT2D eigenvalue weighted by molar-refractivity contribution is 14.0. The van der Waals surface area contributed by atoms with Gasteiger partial charge in [0, 0.05) is 48.4 Å². The Kier molecular flexibility index (Phi) is 6.00. The summed E-state index contributed by atoms with van der Waals surface area (Å²) in [7, 11) is 1.85. The Hall–Kier alpha value is -0.480. The van der Waals surface area contributed by atoms with E-state index < -0.39 is 0 Å². The fourth-order valence-electron chi connectivity index (χ4n) is 2.56. The molecule has 5 nitrogen and oxygen atoms in total. The van der Waals surface area contributed by atoms with E-state index in [0.29, 0.717) is 6.54 Å². The summed E-state index contributed by atoms with van der Waals surface area (Å²) in [5.41, 5.74) is 1.05. The quantitative estimate of drug-likeness (QED) is 0.434. The third-order valence-electron chi connectivity index (χ3n) is 3.51. The summed E-state index contributed by atoms with van der Waals surface area (Å²) in [6, 6.07) is 0. The van der Waals surface area contributed by atoms with Crippen molar-refractivity contribution in [1.29, 1.82) is 0 Å². The largest absolute Gasteiger partial charge is 0.351 e. The van der Waals surface area contributed by atoms with Gasteiger partial charge >= 0.3 is 0 Å².